The van der Waals surface area contributed by atoms with E-state index < -0.39 is 17.2 Å². The van der Waals surface area contributed by atoms with E-state index in [2.05, 4.69) is 9.97 Å². The van der Waals surface area contributed by atoms with E-state index in [9.17, 15) is 9.59 Å². The van der Waals surface area contributed by atoms with Gasteiger partial charge in [-0.1, -0.05) is 0 Å². The van der Waals surface area contributed by atoms with Gasteiger partial charge >= 0.3 is 11.9 Å². The summed E-state index contributed by atoms with van der Waals surface area (Å²) in [6, 6.07) is 0. The molecule has 0 fully saturated rings. The second kappa shape index (κ2) is 5.40. The van der Waals surface area contributed by atoms with Crippen LogP contribution in [-0.2, 0) is 9.59 Å². The number of aromatic nitrogens is 2. The van der Waals surface area contributed by atoms with Gasteiger partial charge in [-0.3, -0.25) is 9.59 Å². The second-order valence-corrected chi connectivity index (χ2v) is 3.99. The van der Waals surface area contributed by atoms with Crippen LogP contribution < -0.4 is 0 Å². The van der Waals surface area contributed by atoms with Crippen LogP contribution in [0.5, 0.6) is 0 Å². The number of H-pyrrole nitrogens is 1. The Hall–Kier alpha value is -1.50. The van der Waals surface area contributed by atoms with Crippen LogP contribution in [0.15, 0.2) is 12.5 Å². The Balaban J connectivity index is 2.61. The van der Waals surface area contributed by atoms with E-state index in [1.165, 1.54) is 12.5 Å². The van der Waals surface area contributed by atoms with Crippen molar-refractivity contribution in [2.45, 2.75) is 11.7 Å². The van der Waals surface area contributed by atoms with E-state index >= 15 is 0 Å². The van der Waals surface area contributed by atoms with Crippen LogP contribution in [0.4, 0.5) is 0 Å². The van der Waals surface area contributed by atoms with Crippen molar-refractivity contribution in [2.24, 2.45) is 0 Å². The third-order valence-electron chi connectivity index (χ3n) is 1.63. The molecule has 6 nitrogen and oxygen atoms in total. The van der Waals surface area contributed by atoms with Crippen LogP contribution in [0.3, 0.4) is 0 Å². The molecule has 0 aromatic carbocycles. The lowest BCUT2D eigenvalue weighted by Gasteiger charge is -2.10. The van der Waals surface area contributed by atoms with Crippen LogP contribution in [0.1, 0.15) is 17.4 Å². The molecule has 0 bridgehead atoms. The fourth-order valence-electron chi connectivity index (χ4n) is 1.03. The first-order chi connectivity index (χ1) is 7.09. The molecule has 0 saturated carbocycles. The zero-order valence-electron chi connectivity index (χ0n) is 7.71. The van der Waals surface area contributed by atoms with Crippen molar-refractivity contribution in [1.82, 2.24) is 9.97 Å². The molecule has 3 N–H and O–H groups in total. The summed E-state index contributed by atoms with van der Waals surface area (Å²) < 4.78 is 0. The highest BCUT2D eigenvalue weighted by Gasteiger charge is 2.18. The van der Waals surface area contributed by atoms with Crippen LogP contribution >= 0.6 is 11.8 Å². The van der Waals surface area contributed by atoms with Gasteiger partial charge in [0, 0.05) is 11.9 Å². The molecule has 1 rings (SSSR count). The molecule has 0 aliphatic carbocycles. The smallest absolute Gasteiger partial charge is 0.313 e. The highest BCUT2D eigenvalue weighted by Crippen LogP contribution is 2.30. The first-order valence-corrected chi connectivity index (χ1v) is 5.18. The molecule has 0 aliphatic rings. The fraction of sp³-hybridized carbons (Fsp3) is 0.375. The van der Waals surface area contributed by atoms with Crippen LogP contribution in [0.25, 0.3) is 0 Å². The molecule has 7 heteroatoms. The first kappa shape index (κ1) is 11.6. The number of aliphatic carboxylic acids is 2. The highest BCUT2D eigenvalue weighted by atomic mass is 32.2. The average Bonchev–Trinajstić information content (AvgIpc) is 2.63. The zero-order chi connectivity index (χ0) is 11.3. The van der Waals surface area contributed by atoms with Gasteiger partial charge in [0.25, 0.3) is 0 Å². The van der Waals surface area contributed by atoms with Gasteiger partial charge in [0.1, 0.15) is 0 Å². The number of carboxylic acid groups (broad SMARTS) is 2. The van der Waals surface area contributed by atoms with Gasteiger partial charge in [0.2, 0.25) is 0 Å². The fourth-order valence-corrected chi connectivity index (χ4v) is 1.94. The van der Waals surface area contributed by atoms with Gasteiger partial charge in [-0.2, -0.15) is 0 Å². The number of carbonyl (C=O) groups is 2. The number of imidazole rings is 1. The average molecular weight is 230 g/mol. The van der Waals surface area contributed by atoms with Crippen molar-refractivity contribution >= 4 is 23.7 Å². The third-order valence-corrected chi connectivity index (χ3v) is 2.87. The van der Waals surface area contributed by atoms with E-state index in [1.807, 2.05) is 0 Å². The van der Waals surface area contributed by atoms with E-state index in [4.69, 9.17) is 10.2 Å². The summed E-state index contributed by atoms with van der Waals surface area (Å²) in [6.07, 6.45) is 2.81. The lowest BCUT2D eigenvalue weighted by Crippen LogP contribution is -2.07. The van der Waals surface area contributed by atoms with E-state index in [1.54, 1.807) is 0 Å². The SMILES string of the molecule is O=C(O)CSC(CC(=O)O)c1cnc[nH]1. The third kappa shape index (κ3) is 4.03. The number of hydrogen-bond donors (Lipinski definition) is 3. The standard InChI is InChI=1S/C8H10N2O4S/c11-7(12)1-6(15-3-8(13)14)5-2-9-4-10-5/h2,4,6H,1,3H2,(H,9,10)(H,11,12)(H,13,14). The summed E-state index contributed by atoms with van der Waals surface area (Å²) >= 11 is 1.06. The van der Waals surface area contributed by atoms with Crippen molar-refractivity contribution < 1.29 is 19.8 Å². The summed E-state index contributed by atoms with van der Waals surface area (Å²) in [5.74, 6) is -2.06. The van der Waals surface area contributed by atoms with Crippen molar-refractivity contribution in [3.05, 3.63) is 18.2 Å². The number of nitrogens with one attached hydrogen (secondary N) is 1. The number of thioether (sulfide) groups is 1. The predicted octanol–water partition coefficient (Wildman–Crippen LogP) is 0.743. The minimum atomic E-state index is -0.965. The Bertz CT molecular complexity index is 338. The molecule has 82 valence electrons. The number of hydrogen-bond acceptors (Lipinski definition) is 4. The van der Waals surface area contributed by atoms with Gasteiger partial charge in [-0.15, -0.1) is 11.8 Å². The number of rotatable bonds is 6. The van der Waals surface area contributed by atoms with E-state index in [0.29, 0.717) is 5.69 Å². The summed E-state index contributed by atoms with van der Waals surface area (Å²) in [4.78, 5) is 27.5. The Kier molecular flexibility index (Phi) is 4.17. The van der Waals surface area contributed by atoms with Gasteiger partial charge in [0.05, 0.1) is 23.8 Å². The van der Waals surface area contributed by atoms with Crippen molar-refractivity contribution in [2.75, 3.05) is 5.75 Å². The maximum Gasteiger partial charge on any atom is 0.313 e. The number of nitrogens with zero attached hydrogens (tertiary/aromatic N) is 1. The molecule has 1 aromatic heterocycles. The first-order valence-electron chi connectivity index (χ1n) is 4.13. The quantitative estimate of drug-likeness (QED) is 0.666. The zero-order valence-corrected chi connectivity index (χ0v) is 8.53. The van der Waals surface area contributed by atoms with Crippen molar-refractivity contribution in [3.63, 3.8) is 0 Å². The van der Waals surface area contributed by atoms with Crippen LogP contribution in [0, 0.1) is 0 Å². The Morgan fingerprint density at radius 2 is 2.20 bits per heavy atom. The summed E-state index contributed by atoms with van der Waals surface area (Å²) in [5.41, 5.74) is 0.628. The molecular weight excluding hydrogens is 220 g/mol. The maximum atomic E-state index is 10.6. The second-order valence-electron chi connectivity index (χ2n) is 2.80. The number of carboxylic acids is 2. The molecule has 1 heterocycles. The largest absolute Gasteiger partial charge is 0.481 e. The van der Waals surface area contributed by atoms with Crippen LogP contribution in [0.2, 0.25) is 0 Å². The van der Waals surface area contributed by atoms with Gasteiger partial charge in [0.15, 0.2) is 0 Å². The molecule has 1 aromatic rings. The van der Waals surface area contributed by atoms with Crippen LogP contribution in [-0.4, -0.2) is 37.9 Å². The topological polar surface area (TPSA) is 103 Å². The van der Waals surface area contributed by atoms with E-state index in [0.717, 1.165) is 11.8 Å². The Labute approximate surface area is 89.7 Å². The Morgan fingerprint density at radius 1 is 1.47 bits per heavy atom. The lowest BCUT2D eigenvalue weighted by atomic mass is 10.2. The minimum absolute atomic E-state index is 0.125. The van der Waals surface area contributed by atoms with Gasteiger partial charge < -0.3 is 15.2 Å². The normalized spacial score (nSPS) is 12.3. The highest BCUT2D eigenvalue weighted by molar-refractivity contribution is 8.00. The molecule has 0 amide bonds. The minimum Gasteiger partial charge on any atom is -0.481 e. The van der Waals surface area contributed by atoms with Gasteiger partial charge in [-0.05, 0) is 0 Å². The Morgan fingerprint density at radius 3 is 2.67 bits per heavy atom. The van der Waals surface area contributed by atoms with Gasteiger partial charge in [-0.25, -0.2) is 4.98 Å². The molecule has 15 heavy (non-hydrogen) atoms. The summed E-state index contributed by atoms with van der Waals surface area (Å²) in [7, 11) is 0. The molecule has 0 radical (unpaired) electrons. The monoisotopic (exact) mass is 230 g/mol. The molecule has 0 aliphatic heterocycles. The summed E-state index contributed by atoms with van der Waals surface area (Å²) in [6.45, 7) is 0. The molecular formula is C8H10N2O4S. The lowest BCUT2D eigenvalue weighted by molar-refractivity contribution is -0.137. The van der Waals surface area contributed by atoms with E-state index in [-0.39, 0.29) is 12.2 Å². The van der Waals surface area contributed by atoms with Crippen molar-refractivity contribution in [1.29, 1.82) is 0 Å². The molecule has 1 atom stereocenters. The predicted molar refractivity (Wildman–Crippen MR) is 53.7 cm³/mol. The maximum absolute atomic E-state index is 10.6. The number of aromatic amines is 1. The molecule has 0 spiro atoms. The molecule has 0 saturated heterocycles. The summed E-state index contributed by atoms with van der Waals surface area (Å²) in [5, 5.41) is 16.8. The molecule has 1 unspecified atom stereocenters. The van der Waals surface area contributed by atoms with Crippen molar-refractivity contribution in [3.8, 4) is 0 Å².